The van der Waals surface area contributed by atoms with Crippen LogP contribution in [0, 0.1) is 11.9 Å². The topological polar surface area (TPSA) is 9.23 Å². The fourth-order valence-corrected chi connectivity index (χ4v) is 0.747. The lowest BCUT2D eigenvalue weighted by Gasteiger charge is -2.07. The van der Waals surface area contributed by atoms with E-state index in [1.54, 1.807) is 32.0 Å². The largest absolute Gasteiger partial charge is 0.481 e. The minimum atomic E-state index is -0.325. The van der Waals surface area contributed by atoms with Gasteiger partial charge in [-0.3, -0.25) is 0 Å². The molecule has 0 heterocycles. The third kappa shape index (κ3) is 2.22. The number of ether oxygens (including phenoxy) is 1. The smallest absolute Gasteiger partial charge is 0.165 e. The first-order valence-electron chi connectivity index (χ1n) is 3.42. The molecule has 0 amide bonds. The van der Waals surface area contributed by atoms with Crippen molar-refractivity contribution in [1.82, 2.24) is 0 Å². The third-order valence-electron chi connectivity index (χ3n) is 1.15. The fourth-order valence-electron chi connectivity index (χ4n) is 0.747. The summed E-state index contributed by atoms with van der Waals surface area (Å²) in [6, 6.07) is 6.34. The van der Waals surface area contributed by atoms with E-state index >= 15 is 0 Å². The van der Waals surface area contributed by atoms with Crippen LogP contribution in [-0.4, -0.2) is 0 Å². The van der Waals surface area contributed by atoms with E-state index in [0.717, 1.165) is 6.10 Å². The molecule has 0 aliphatic rings. The van der Waals surface area contributed by atoms with Gasteiger partial charge in [-0.15, -0.1) is 0 Å². The van der Waals surface area contributed by atoms with Gasteiger partial charge in [0, 0.05) is 0 Å². The minimum Gasteiger partial charge on any atom is -0.481 e. The van der Waals surface area contributed by atoms with Gasteiger partial charge < -0.3 is 4.74 Å². The van der Waals surface area contributed by atoms with Gasteiger partial charge in [0.15, 0.2) is 11.6 Å². The maximum Gasteiger partial charge on any atom is 0.165 e. The Morgan fingerprint density at radius 2 is 1.91 bits per heavy atom. The highest BCUT2D eigenvalue weighted by Gasteiger charge is 2.02. The zero-order valence-corrected chi connectivity index (χ0v) is 6.60. The summed E-state index contributed by atoms with van der Waals surface area (Å²) >= 11 is 0. The summed E-state index contributed by atoms with van der Waals surface area (Å²) in [5.74, 6) is -0.0406. The molecule has 0 bridgehead atoms. The maximum atomic E-state index is 12.8. The van der Waals surface area contributed by atoms with Crippen LogP contribution in [0.2, 0.25) is 0 Å². The van der Waals surface area contributed by atoms with Crippen LogP contribution in [0.1, 0.15) is 13.8 Å². The summed E-state index contributed by atoms with van der Waals surface area (Å²) in [7, 11) is 0. The number of hydrogen-bond donors (Lipinski definition) is 0. The molecule has 1 radical (unpaired) electrons. The van der Waals surface area contributed by atoms with E-state index in [0.29, 0.717) is 0 Å². The van der Waals surface area contributed by atoms with Crippen molar-refractivity contribution in [3.63, 3.8) is 0 Å². The minimum absolute atomic E-state index is 0.285. The number of halogens is 1. The molecule has 1 aromatic carbocycles. The highest BCUT2D eigenvalue weighted by atomic mass is 19.1. The standard InChI is InChI=1S/C9H10FO/c1-7(2)11-9-6-4-3-5-8(9)10/h3-6H,1-2H3. The monoisotopic (exact) mass is 153 g/mol. The highest BCUT2D eigenvalue weighted by Crippen LogP contribution is 2.18. The fraction of sp³-hybridized carbons (Fsp3) is 0.222. The predicted octanol–water partition coefficient (Wildman–Crippen LogP) is 2.78. The molecule has 0 atom stereocenters. The van der Waals surface area contributed by atoms with Gasteiger partial charge in [-0.05, 0) is 26.0 Å². The Hall–Kier alpha value is -1.05. The van der Waals surface area contributed by atoms with Crippen LogP contribution < -0.4 is 4.74 Å². The van der Waals surface area contributed by atoms with E-state index in [1.165, 1.54) is 6.07 Å². The van der Waals surface area contributed by atoms with Crippen LogP contribution in [0.3, 0.4) is 0 Å². The van der Waals surface area contributed by atoms with Crippen molar-refractivity contribution in [2.24, 2.45) is 0 Å². The van der Waals surface area contributed by atoms with Crippen molar-refractivity contribution >= 4 is 0 Å². The number of hydrogen-bond acceptors (Lipinski definition) is 1. The summed E-state index contributed by atoms with van der Waals surface area (Å²) < 4.78 is 17.9. The van der Waals surface area contributed by atoms with E-state index < -0.39 is 0 Å². The van der Waals surface area contributed by atoms with Gasteiger partial charge in [-0.1, -0.05) is 12.1 Å². The third-order valence-corrected chi connectivity index (χ3v) is 1.15. The molecular formula is C9H10FO. The molecule has 0 unspecified atom stereocenters. The zero-order chi connectivity index (χ0) is 8.27. The van der Waals surface area contributed by atoms with Crippen LogP contribution in [-0.2, 0) is 0 Å². The molecule has 59 valence electrons. The Morgan fingerprint density at radius 3 is 2.45 bits per heavy atom. The molecule has 0 N–H and O–H groups in total. The lowest BCUT2D eigenvalue weighted by Crippen LogP contribution is -1.97. The molecule has 1 nitrogen and oxygen atoms in total. The first kappa shape index (κ1) is 8.05. The van der Waals surface area contributed by atoms with Crippen LogP contribution in [0.15, 0.2) is 24.3 Å². The van der Waals surface area contributed by atoms with E-state index in [4.69, 9.17) is 4.74 Å². The second-order valence-corrected chi connectivity index (χ2v) is 2.44. The average Bonchev–Trinajstić information content (AvgIpc) is 1.93. The van der Waals surface area contributed by atoms with Gasteiger partial charge >= 0.3 is 0 Å². The molecular weight excluding hydrogens is 143 g/mol. The average molecular weight is 153 g/mol. The van der Waals surface area contributed by atoms with Gasteiger partial charge in [0.25, 0.3) is 0 Å². The van der Waals surface area contributed by atoms with Crippen LogP contribution >= 0.6 is 0 Å². The lowest BCUT2D eigenvalue weighted by molar-refractivity contribution is 0.327. The molecule has 0 aliphatic carbocycles. The van der Waals surface area contributed by atoms with Gasteiger partial charge in [0.2, 0.25) is 0 Å². The van der Waals surface area contributed by atoms with Crippen molar-refractivity contribution in [3.8, 4) is 5.75 Å². The SMILES string of the molecule is C[C](C)Oc1ccccc1F. The summed E-state index contributed by atoms with van der Waals surface area (Å²) in [4.78, 5) is 0. The van der Waals surface area contributed by atoms with E-state index in [-0.39, 0.29) is 11.6 Å². The molecule has 0 fully saturated rings. The Morgan fingerprint density at radius 1 is 1.27 bits per heavy atom. The van der Waals surface area contributed by atoms with Crippen LogP contribution in [0.4, 0.5) is 4.39 Å². The lowest BCUT2D eigenvalue weighted by atomic mass is 10.3. The first-order valence-corrected chi connectivity index (χ1v) is 3.42. The normalized spacial score (nSPS) is 10.2. The Kier molecular flexibility index (Phi) is 2.47. The van der Waals surface area contributed by atoms with Crippen molar-refractivity contribution in [2.45, 2.75) is 13.8 Å². The zero-order valence-electron chi connectivity index (χ0n) is 6.60. The van der Waals surface area contributed by atoms with Crippen molar-refractivity contribution in [3.05, 3.63) is 36.2 Å². The summed E-state index contributed by atoms with van der Waals surface area (Å²) in [5, 5.41) is 0. The summed E-state index contributed by atoms with van der Waals surface area (Å²) in [5.41, 5.74) is 0. The molecule has 0 saturated carbocycles. The molecule has 1 rings (SSSR count). The van der Waals surface area contributed by atoms with Gasteiger partial charge in [-0.25, -0.2) is 4.39 Å². The van der Waals surface area contributed by atoms with Gasteiger partial charge in [-0.2, -0.15) is 0 Å². The molecule has 0 aromatic heterocycles. The van der Waals surface area contributed by atoms with Gasteiger partial charge in [0.05, 0.1) is 0 Å². The Balaban J connectivity index is 2.78. The second-order valence-electron chi connectivity index (χ2n) is 2.44. The summed E-state index contributed by atoms with van der Waals surface area (Å²) in [6.45, 7) is 3.57. The van der Waals surface area contributed by atoms with Crippen molar-refractivity contribution in [1.29, 1.82) is 0 Å². The Labute approximate surface area is 65.8 Å². The maximum absolute atomic E-state index is 12.8. The number of rotatable bonds is 2. The molecule has 0 spiro atoms. The second kappa shape index (κ2) is 3.37. The van der Waals surface area contributed by atoms with Crippen LogP contribution in [0.5, 0.6) is 5.75 Å². The number of benzene rings is 1. The first-order chi connectivity index (χ1) is 5.20. The molecule has 1 aromatic rings. The van der Waals surface area contributed by atoms with E-state index in [2.05, 4.69) is 0 Å². The molecule has 0 aliphatic heterocycles. The molecule has 0 saturated heterocycles. The number of para-hydroxylation sites is 1. The summed E-state index contributed by atoms with van der Waals surface area (Å²) in [6.07, 6.45) is 0.732. The van der Waals surface area contributed by atoms with Crippen molar-refractivity contribution in [2.75, 3.05) is 0 Å². The van der Waals surface area contributed by atoms with E-state index in [9.17, 15) is 4.39 Å². The van der Waals surface area contributed by atoms with Crippen LogP contribution in [0.25, 0.3) is 0 Å². The van der Waals surface area contributed by atoms with E-state index in [1.807, 2.05) is 0 Å². The van der Waals surface area contributed by atoms with Gasteiger partial charge in [0.1, 0.15) is 6.10 Å². The Bertz CT molecular complexity index is 233. The predicted molar refractivity (Wildman–Crippen MR) is 41.6 cm³/mol. The van der Waals surface area contributed by atoms with Crippen molar-refractivity contribution < 1.29 is 9.13 Å². The molecule has 11 heavy (non-hydrogen) atoms. The highest BCUT2D eigenvalue weighted by molar-refractivity contribution is 5.24. The molecule has 2 heteroatoms. The quantitative estimate of drug-likeness (QED) is 0.634.